The van der Waals surface area contributed by atoms with Crippen molar-refractivity contribution in [3.63, 3.8) is 0 Å². The number of aromatic nitrogens is 1. The van der Waals surface area contributed by atoms with Gasteiger partial charge >= 0.3 is 5.95 Å². The molecule has 0 spiro atoms. The fraction of sp³-hybridized carbons (Fsp3) is 0. The monoisotopic (exact) mass is 201 g/mol. The van der Waals surface area contributed by atoms with Gasteiger partial charge in [-0.1, -0.05) is 11.6 Å². The number of rotatable bonds is 1. The first-order chi connectivity index (χ1) is 5.77. The predicted molar refractivity (Wildman–Crippen MR) is 46.5 cm³/mol. The van der Waals surface area contributed by atoms with Crippen LogP contribution in [0.1, 0.15) is 0 Å². The molecule has 0 saturated carbocycles. The smallest absolute Gasteiger partial charge is 0.311 e. The molecule has 62 valence electrons. The van der Waals surface area contributed by atoms with E-state index in [0.717, 1.165) is 4.88 Å². The van der Waals surface area contributed by atoms with Crippen LogP contribution in [0, 0.1) is 0 Å². The molecule has 0 saturated heterocycles. The summed E-state index contributed by atoms with van der Waals surface area (Å²) >= 11 is 7.05. The highest BCUT2D eigenvalue weighted by atomic mass is 35.5. The van der Waals surface area contributed by atoms with Gasteiger partial charge in [0.15, 0.2) is 12.1 Å². The second-order valence-electron chi connectivity index (χ2n) is 2.11. The number of oxazole rings is 1. The van der Waals surface area contributed by atoms with Gasteiger partial charge in [0.25, 0.3) is 0 Å². The summed E-state index contributed by atoms with van der Waals surface area (Å²) in [6.07, 6.45) is 1.19. The minimum absolute atomic E-state index is 0.173. The van der Waals surface area contributed by atoms with Crippen LogP contribution in [-0.4, -0.2) is 10.1 Å². The number of nitrogens with zero attached hydrogens (tertiary/aromatic N) is 1. The van der Waals surface area contributed by atoms with Crippen molar-refractivity contribution in [1.29, 1.82) is 0 Å². The minimum atomic E-state index is -0.173. The summed E-state index contributed by atoms with van der Waals surface area (Å²) in [5.74, 6) is -0.173. The van der Waals surface area contributed by atoms with E-state index in [4.69, 9.17) is 16.7 Å². The molecule has 2 aromatic heterocycles. The molecule has 0 fully saturated rings. The summed E-state index contributed by atoms with van der Waals surface area (Å²) in [5.41, 5.74) is 0.437. The van der Waals surface area contributed by atoms with E-state index in [1.54, 1.807) is 12.1 Å². The normalized spacial score (nSPS) is 10.4. The first-order valence-electron chi connectivity index (χ1n) is 3.15. The van der Waals surface area contributed by atoms with Crippen LogP contribution in [0.3, 0.4) is 0 Å². The second-order valence-corrected chi connectivity index (χ2v) is 3.82. The molecule has 0 radical (unpaired) electrons. The highest BCUT2D eigenvalue weighted by molar-refractivity contribution is 7.19. The van der Waals surface area contributed by atoms with Crippen molar-refractivity contribution in [3.8, 4) is 16.5 Å². The minimum Gasteiger partial charge on any atom is -0.479 e. The van der Waals surface area contributed by atoms with E-state index >= 15 is 0 Å². The Kier molecular flexibility index (Phi) is 1.78. The second kappa shape index (κ2) is 2.80. The van der Waals surface area contributed by atoms with E-state index in [9.17, 15) is 0 Å². The van der Waals surface area contributed by atoms with Crippen LogP contribution in [0.15, 0.2) is 22.9 Å². The molecule has 5 heteroatoms. The Balaban J connectivity index is 2.50. The van der Waals surface area contributed by atoms with Crippen LogP contribution >= 0.6 is 22.9 Å². The van der Waals surface area contributed by atoms with Gasteiger partial charge in [0.2, 0.25) is 0 Å². The summed E-state index contributed by atoms with van der Waals surface area (Å²) < 4.78 is 5.30. The Morgan fingerprint density at radius 3 is 2.83 bits per heavy atom. The van der Waals surface area contributed by atoms with Gasteiger partial charge in [0.05, 0.1) is 9.21 Å². The van der Waals surface area contributed by atoms with Crippen LogP contribution in [-0.2, 0) is 0 Å². The molecule has 2 heterocycles. The summed E-state index contributed by atoms with van der Waals surface area (Å²) in [6, 6.07) is 3.53. The molecule has 2 rings (SSSR count). The van der Waals surface area contributed by atoms with Crippen LogP contribution in [0.5, 0.6) is 5.95 Å². The molecule has 3 nitrogen and oxygen atoms in total. The topological polar surface area (TPSA) is 46.3 Å². The summed E-state index contributed by atoms with van der Waals surface area (Å²) in [6.45, 7) is 0. The molecule has 0 bridgehead atoms. The average Bonchev–Trinajstić information content (AvgIpc) is 2.58. The number of hydrogen-bond acceptors (Lipinski definition) is 4. The molecule has 0 aliphatic carbocycles. The van der Waals surface area contributed by atoms with Crippen molar-refractivity contribution in [2.45, 2.75) is 0 Å². The van der Waals surface area contributed by atoms with Gasteiger partial charge < -0.3 is 9.52 Å². The van der Waals surface area contributed by atoms with Crippen molar-refractivity contribution in [3.05, 3.63) is 22.9 Å². The van der Waals surface area contributed by atoms with Gasteiger partial charge in [0, 0.05) is 0 Å². The van der Waals surface area contributed by atoms with Crippen molar-refractivity contribution < 1.29 is 9.52 Å². The fourth-order valence-electron chi connectivity index (χ4n) is 0.851. The number of halogens is 1. The molecule has 0 unspecified atom stereocenters. The molecule has 0 aliphatic heterocycles. The van der Waals surface area contributed by atoms with Gasteiger partial charge in [-0.3, -0.25) is 0 Å². The molecule has 2 aromatic rings. The Morgan fingerprint density at radius 2 is 2.33 bits per heavy atom. The number of aromatic hydroxyl groups is 1. The van der Waals surface area contributed by atoms with Gasteiger partial charge in [-0.05, 0) is 12.1 Å². The molecular formula is C7H4ClNO2S. The van der Waals surface area contributed by atoms with E-state index in [2.05, 4.69) is 9.40 Å². The Hall–Kier alpha value is -1.000. The lowest BCUT2D eigenvalue weighted by molar-refractivity contribution is 0.333. The van der Waals surface area contributed by atoms with Crippen LogP contribution in [0.25, 0.3) is 10.6 Å². The third-order valence-electron chi connectivity index (χ3n) is 1.36. The lowest BCUT2D eigenvalue weighted by Crippen LogP contribution is -1.68. The van der Waals surface area contributed by atoms with Gasteiger partial charge in [-0.2, -0.15) is 0 Å². The van der Waals surface area contributed by atoms with Crippen LogP contribution in [0.2, 0.25) is 4.34 Å². The Labute approximate surface area is 77.2 Å². The SMILES string of the molecule is Oc1ocnc1-c1ccc(Cl)s1. The lowest BCUT2D eigenvalue weighted by atomic mass is 10.4. The number of hydrogen-bond donors (Lipinski definition) is 1. The van der Waals surface area contributed by atoms with E-state index < -0.39 is 0 Å². The zero-order chi connectivity index (χ0) is 8.55. The van der Waals surface area contributed by atoms with E-state index in [1.807, 2.05) is 0 Å². The number of thiophene rings is 1. The summed E-state index contributed by atoms with van der Waals surface area (Å²) in [7, 11) is 0. The van der Waals surface area contributed by atoms with E-state index in [0.29, 0.717) is 10.0 Å². The van der Waals surface area contributed by atoms with Gasteiger partial charge in [0.1, 0.15) is 0 Å². The third kappa shape index (κ3) is 1.19. The highest BCUT2D eigenvalue weighted by Crippen LogP contribution is 2.34. The van der Waals surface area contributed by atoms with Crippen molar-refractivity contribution in [1.82, 2.24) is 4.98 Å². The highest BCUT2D eigenvalue weighted by Gasteiger charge is 2.10. The molecule has 1 N–H and O–H groups in total. The zero-order valence-electron chi connectivity index (χ0n) is 5.82. The maximum Gasteiger partial charge on any atom is 0.311 e. The molecular weight excluding hydrogens is 198 g/mol. The van der Waals surface area contributed by atoms with Crippen molar-refractivity contribution in [2.75, 3.05) is 0 Å². The molecule has 0 aromatic carbocycles. The standard InChI is InChI=1S/C7H4ClNO2S/c8-5-2-1-4(12-5)6-7(10)11-3-9-6/h1-3,10H. The third-order valence-corrected chi connectivity index (χ3v) is 2.59. The maximum absolute atomic E-state index is 9.15. The molecule has 0 aliphatic rings. The fourth-order valence-corrected chi connectivity index (χ4v) is 1.88. The molecule has 0 amide bonds. The summed E-state index contributed by atoms with van der Waals surface area (Å²) in [5, 5.41) is 9.15. The van der Waals surface area contributed by atoms with Gasteiger partial charge in [-0.15, -0.1) is 11.3 Å². The van der Waals surface area contributed by atoms with Crippen molar-refractivity contribution in [2.24, 2.45) is 0 Å². The van der Waals surface area contributed by atoms with Crippen LogP contribution in [0.4, 0.5) is 0 Å². The zero-order valence-corrected chi connectivity index (χ0v) is 7.39. The Bertz CT molecular complexity index is 396. The largest absolute Gasteiger partial charge is 0.479 e. The summed E-state index contributed by atoms with van der Waals surface area (Å²) in [4.78, 5) is 4.63. The first-order valence-corrected chi connectivity index (χ1v) is 4.35. The average molecular weight is 202 g/mol. The lowest BCUT2D eigenvalue weighted by Gasteiger charge is -1.87. The Morgan fingerprint density at radius 1 is 1.50 bits per heavy atom. The van der Waals surface area contributed by atoms with E-state index in [1.165, 1.54) is 17.7 Å². The van der Waals surface area contributed by atoms with E-state index in [-0.39, 0.29) is 5.95 Å². The maximum atomic E-state index is 9.15. The predicted octanol–water partition coefficient (Wildman–Crippen LogP) is 2.76. The molecule has 12 heavy (non-hydrogen) atoms. The molecule has 0 atom stereocenters. The van der Waals surface area contributed by atoms with Gasteiger partial charge in [-0.25, -0.2) is 4.98 Å². The van der Waals surface area contributed by atoms with Crippen LogP contribution < -0.4 is 0 Å². The quantitative estimate of drug-likeness (QED) is 0.772. The van der Waals surface area contributed by atoms with Crippen molar-refractivity contribution >= 4 is 22.9 Å². The first kappa shape index (κ1) is 7.64.